The average molecular weight is 1560 g/mol. The monoisotopic (exact) mass is 1560 g/mol. The summed E-state index contributed by atoms with van der Waals surface area (Å²) in [5.41, 5.74) is 17.2. The van der Waals surface area contributed by atoms with Crippen LogP contribution in [0.5, 0.6) is 0 Å². The first-order valence-corrected chi connectivity index (χ1v) is 47.2. The van der Waals surface area contributed by atoms with Gasteiger partial charge in [0, 0.05) is 66.6 Å². The first-order valence-electron chi connectivity index (χ1n) is 47.2. The zero-order valence-electron chi connectivity index (χ0n) is 75.5. The van der Waals surface area contributed by atoms with Crippen molar-refractivity contribution < 1.29 is 9.59 Å². The van der Waals surface area contributed by atoms with E-state index in [-0.39, 0.29) is 11.8 Å². The van der Waals surface area contributed by atoms with Gasteiger partial charge >= 0.3 is 0 Å². The number of aromatic amines is 2. The number of allylic oxidation sites excluding steroid dienone is 4. The molecule has 0 aromatic carbocycles. The first-order chi connectivity index (χ1) is 54.9. The minimum atomic E-state index is 0.0776. The summed E-state index contributed by atoms with van der Waals surface area (Å²) in [5.74, 6) is 0.160. The fraction of sp³-hybridized carbons (Fsp3) is 0.773. The third kappa shape index (κ3) is 35.0. The van der Waals surface area contributed by atoms with E-state index in [1.165, 1.54) is 241 Å². The van der Waals surface area contributed by atoms with Gasteiger partial charge in [0.15, 0.2) is 0 Å². The fourth-order valence-corrected chi connectivity index (χ4v) is 18.5. The quantitative estimate of drug-likeness (QED) is 0.0404. The van der Waals surface area contributed by atoms with Crippen LogP contribution < -0.4 is 10.6 Å². The van der Waals surface area contributed by atoms with Gasteiger partial charge in [0.05, 0.1) is 22.8 Å². The van der Waals surface area contributed by atoms with Gasteiger partial charge in [-0.3, -0.25) is 9.59 Å². The molecule has 16 heteroatoms. The Morgan fingerprint density at radius 3 is 1.12 bits per heavy atom. The number of aromatic nitrogens is 4. The topological polar surface area (TPSA) is 141 Å². The van der Waals surface area contributed by atoms with Gasteiger partial charge in [-0.25, -0.2) is 9.97 Å². The Hall–Kier alpha value is -4.78. The predicted octanol–water partition coefficient (Wildman–Crippen LogP) is 20.4. The third-order valence-corrected chi connectivity index (χ3v) is 26.3. The van der Waals surface area contributed by atoms with Crippen molar-refractivity contribution in [2.24, 2.45) is 0 Å². The summed E-state index contributed by atoms with van der Waals surface area (Å²) >= 11 is 0. The van der Waals surface area contributed by atoms with Crippen molar-refractivity contribution in [3.05, 3.63) is 69.3 Å². The Balaban J connectivity index is 1.05. The van der Waals surface area contributed by atoms with Crippen molar-refractivity contribution in [1.29, 1.82) is 0 Å². The molecule has 2 atom stereocenters. The van der Waals surface area contributed by atoms with E-state index in [1.54, 1.807) is 0 Å². The molecule has 4 aliphatic heterocycles. The number of amides is 2. The van der Waals surface area contributed by atoms with Crippen LogP contribution in [0.1, 0.15) is 337 Å². The number of H-pyrrole nitrogens is 2. The van der Waals surface area contributed by atoms with Crippen molar-refractivity contribution in [1.82, 2.24) is 69.8 Å². The Labute approximate surface area is 691 Å². The van der Waals surface area contributed by atoms with Crippen molar-refractivity contribution in [2.45, 2.75) is 331 Å². The second kappa shape index (κ2) is 55.1. The van der Waals surface area contributed by atoms with Gasteiger partial charge in [-0.05, 0) is 346 Å². The van der Waals surface area contributed by atoms with Crippen molar-refractivity contribution in [3.8, 4) is 0 Å². The van der Waals surface area contributed by atoms with Crippen LogP contribution in [0, 0.1) is 13.8 Å². The van der Waals surface area contributed by atoms with Crippen LogP contribution >= 0.6 is 0 Å². The lowest BCUT2D eigenvalue weighted by Gasteiger charge is -2.32. The maximum atomic E-state index is 14.4. The zero-order chi connectivity index (χ0) is 81.0. The third-order valence-electron chi connectivity index (χ3n) is 26.3. The smallest absolute Gasteiger partial charge is 0.220 e. The second-order valence-corrected chi connectivity index (χ2v) is 35.6. The van der Waals surface area contributed by atoms with Gasteiger partial charge in [-0.2, -0.15) is 0 Å². The Morgan fingerprint density at radius 1 is 0.372 bits per heavy atom. The number of nitrogens with one attached hydrogen (secondary N) is 4. The van der Waals surface area contributed by atoms with Gasteiger partial charge < -0.3 is 59.8 Å². The number of fused-ring (bicyclic) bond motifs is 8. The molecule has 2 unspecified atom stereocenters. The van der Waals surface area contributed by atoms with Crippen LogP contribution in [0.4, 0.5) is 0 Å². The van der Waals surface area contributed by atoms with Gasteiger partial charge in [-0.1, -0.05) is 169 Å². The molecule has 0 aliphatic carbocycles. The predicted molar refractivity (Wildman–Crippen MR) is 487 cm³/mol. The number of nitrogens with zero attached hydrogens (tertiary/aromatic N) is 10. The minimum absolute atomic E-state index is 0.0776. The molecular formula is C97H170N14O2. The van der Waals surface area contributed by atoms with Crippen LogP contribution in [0.15, 0.2) is 24.3 Å². The number of hydrogen-bond donors (Lipinski definition) is 4. The van der Waals surface area contributed by atoms with E-state index in [2.05, 4.69) is 182 Å². The van der Waals surface area contributed by atoms with E-state index in [4.69, 9.17) is 9.97 Å². The van der Waals surface area contributed by atoms with Gasteiger partial charge in [-0.15, -0.1) is 0 Å². The lowest BCUT2D eigenvalue weighted by atomic mass is 9.98. The molecule has 3 aromatic rings. The molecule has 7 rings (SSSR count). The largest absolute Gasteiger partial charge is 0.356 e. The van der Waals surface area contributed by atoms with E-state index in [0.717, 1.165) is 191 Å². The summed E-state index contributed by atoms with van der Waals surface area (Å²) in [6.45, 7) is 36.8. The van der Waals surface area contributed by atoms with Crippen LogP contribution in [0.25, 0.3) is 44.4 Å². The molecular weight excluding hydrogens is 1390 g/mol. The average Bonchev–Trinajstić information content (AvgIpc) is 1.62. The molecule has 2 fully saturated rings. The van der Waals surface area contributed by atoms with Gasteiger partial charge in [0.2, 0.25) is 11.8 Å². The lowest BCUT2D eigenvalue weighted by molar-refractivity contribution is -0.121. The Kier molecular flexibility index (Phi) is 46.5. The molecule has 2 saturated heterocycles. The summed E-state index contributed by atoms with van der Waals surface area (Å²) in [6.07, 6.45) is 49.4. The first kappa shape index (κ1) is 95.4. The van der Waals surface area contributed by atoms with E-state index in [1.807, 2.05) is 0 Å². The van der Waals surface area contributed by atoms with E-state index >= 15 is 0 Å². The number of hydrogen-bond acceptors (Lipinski definition) is 12. The second-order valence-electron chi connectivity index (χ2n) is 35.6. The van der Waals surface area contributed by atoms with Crippen LogP contribution in [0.3, 0.4) is 0 Å². The maximum Gasteiger partial charge on any atom is 0.220 e. The van der Waals surface area contributed by atoms with Crippen molar-refractivity contribution in [3.63, 3.8) is 0 Å². The molecule has 0 spiro atoms. The normalized spacial score (nSPS) is 19.2. The van der Waals surface area contributed by atoms with Crippen molar-refractivity contribution in [2.75, 3.05) is 160 Å². The van der Waals surface area contributed by atoms with Crippen LogP contribution in [-0.4, -0.2) is 243 Å². The van der Waals surface area contributed by atoms with Crippen LogP contribution in [-0.2, 0) is 22.4 Å². The van der Waals surface area contributed by atoms with Crippen molar-refractivity contribution >= 4 is 56.2 Å². The minimum Gasteiger partial charge on any atom is -0.356 e. The molecule has 16 nitrogen and oxygen atoms in total. The highest BCUT2D eigenvalue weighted by Gasteiger charge is 2.26. The summed E-state index contributed by atoms with van der Waals surface area (Å²) < 4.78 is 0. The SMILES string of the molecule is CCCCCCCCCCCCCC1CCN(CCCNC(=O)CCC2=C(C)c3cc4[nH]c(cc5[nH]c(cc6nc(cc2n3)C(CCC(=O)NCCN2CCCN(C)CCCCN(C)CCCN(C)C(CCCCCCCCCCCCC)CC2)=C6C)c(C)c5CC)c(C)c4CC)CCCN(C)CCCCN(C)CCCN1C. The summed E-state index contributed by atoms with van der Waals surface area (Å²) in [5, 5.41) is 6.86. The molecule has 7 heterocycles. The standard InChI is InChI=1S/C97H170N14O2/c1-15-19-21-23-25-27-29-31-33-35-37-48-82-54-71-110(69-46-64-106(11)60-41-39-58-104(9)62-44-66-108(82)13)68-43-56-98-96(112)52-50-87-81(8)91-76-93-85(18-4)79(6)90(101-93)75-92-84(17-3)78(5)88(100-92)74-89-80(7)86(94(102-89)77-95(87)103-91)51-53-97(113)99-57-73-111-70-47-65-107(12)61-42-40-59-105(10)63-45-67-109(14)83(55-72-111)49-38-36-34-32-30-28-26-24-22-20-16-2/h74-77,82-83,100-101H,15-73H2,1-14H3,(H,98,112)(H,99,113). The Bertz CT molecular complexity index is 3400. The molecule has 113 heavy (non-hydrogen) atoms. The molecule has 0 saturated carbocycles. The molecule has 8 bridgehead atoms. The lowest BCUT2D eigenvalue weighted by Crippen LogP contribution is -2.40. The van der Waals surface area contributed by atoms with Gasteiger partial charge in [0.1, 0.15) is 0 Å². The van der Waals surface area contributed by atoms with E-state index in [0.29, 0.717) is 50.9 Å². The number of unbranched alkanes of at least 4 members (excludes halogenated alkanes) is 20. The zero-order valence-corrected chi connectivity index (χ0v) is 75.5. The molecule has 4 N–H and O–H groups in total. The van der Waals surface area contributed by atoms with Crippen LogP contribution in [0.2, 0.25) is 0 Å². The fourth-order valence-electron chi connectivity index (χ4n) is 18.5. The highest BCUT2D eigenvalue weighted by molar-refractivity contribution is 5.97. The molecule has 0 radical (unpaired) electrons. The van der Waals surface area contributed by atoms with Gasteiger partial charge in [0.25, 0.3) is 0 Å². The summed E-state index contributed by atoms with van der Waals surface area (Å²) in [7, 11) is 14.0. The highest BCUT2D eigenvalue weighted by atomic mass is 16.2. The van der Waals surface area contributed by atoms with E-state index in [9.17, 15) is 9.59 Å². The number of aryl methyl sites for hydroxylation is 4. The summed E-state index contributed by atoms with van der Waals surface area (Å²) in [6, 6.07) is 10.1. The number of carbonyl (C=O) groups is 2. The molecule has 4 aliphatic rings. The number of carbonyl (C=O) groups excluding carboxylic acids is 2. The Morgan fingerprint density at radius 2 is 0.717 bits per heavy atom. The molecule has 640 valence electrons. The number of rotatable bonds is 39. The molecule has 3 aromatic heterocycles. The summed E-state index contributed by atoms with van der Waals surface area (Å²) in [4.78, 5) is 68.5. The molecule has 2 amide bonds. The highest BCUT2D eigenvalue weighted by Crippen LogP contribution is 2.39. The van der Waals surface area contributed by atoms with E-state index < -0.39 is 0 Å². The maximum absolute atomic E-state index is 14.4.